The Morgan fingerprint density at radius 2 is 1.57 bits per heavy atom. The maximum Gasteiger partial charge on any atom is 0.416 e. The average molecular weight is 639 g/mol. The number of halogens is 4. The van der Waals surface area contributed by atoms with Crippen LogP contribution in [0.4, 0.5) is 23.2 Å². The van der Waals surface area contributed by atoms with Crippen LogP contribution < -0.4 is 27.6 Å². The SMILES string of the molecule is Cc1c(N2CCN(Cc3cccc(C(N)=O)c3)CC2)c(=O)n(C[C@@H](N)c2ccccc2)c(=O)n1Cc1c(F)cccc1C(F)(F)F. The fourth-order valence-corrected chi connectivity index (χ4v) is 5.85. The minimum atomic E-state index is -4.87. The van der Waals surface area contributed by atoms with Crippen molar-refractivity contribution in [1.82, 2.24) is 14.0 Å². The van der Waals surface area contributed by atoms with E-state index in [1.165, 1.54) is 6.92 Å². The van der Waals surface area contributed by atoms with E-state index in [0.717, 1.165) is 32.9 Å². The summed E-state index contributed by atoms with van der Waals surface area (Å²) in [5, 5.41) is 0. The molecule has 0 aliphatic carbocycles. The number of hydrogen-bond donors (Lipinski definition) is 2. The van der Waals surface area contributed by atoms with E-state index in [0.29, 0.717) is 43.9 Å². The van der Waals surface area contributed by atoms with E-state index < -0.39 is 52.9 Å². The molecule has 1 saturated heterocycles. The van der Waals surface area contributed by atoms with Gasteiger partial charge in [-0.1, -0.05) is 48.5 Å². The predicted octanol–water partition coefficient (Wildman–Crippen LogP) is 3.65. The second kappa shape index (κ2) is 13.3. The number of anilines is 1. The molecule has 0 saturated carbocycles. The number of primary amides is 1. The highest BCUT2D eigenvalue weighted by Crippen LogP contribution is 2.33. The molecule has 0 bridgehead atoms. The van der Waals surface area contributed by atoms with Crippen molar-refractivity contribution in [2.24, 2.45) is 11.5 Å². The normalized spacial score (nSPS) is 14.8. The summed E-state index contributed by atoms with van der Waals surface area (Å²) in [6.07, 6.45) is -4.87. The van der Waals surface area contributed by atoms with Crippen LogP contribution in [0, 0.1) is 12.7 Å². The van der Waals surface area contributed by atoms with Crippen LogP contribution in [0.15, 0.2) is 82.4 Å². The van der Waals surface area contributed by atoms with Gasteiger partial charge in [0.15, 0.2) is 0 Å². The highest BCUT2D eigenvalue weighted by Gasteiger charge is 2.35. The second-order valence-electron chi connectivity index (χ2n) is 11.3. The number of benzene rings is 3. The fraction of sp³-hybridized carbons (Fsp3) is 0.303. The Hall–Kier alpha value is -4.75. The number of nitrogens with two attached hydrogens (primary N) is 2. The number of aromatic nitrogens is 2. The van der Waals surface area contributed by atoms with Crippen molar-refractivity contribution in [2.45, 2.75) is 38.8 Å². The molecule has 4 aromatic rings. The van der Waals surface area contributed by atoms with Gasteiger partial charge in [0, 0.05) is 55.6 Å². The molecule has 2 heterocycles. The Morgan fingerprint density at radius 1 is 0.891 bits per heavy atom. The molecule has 13 heteroatoms. The van der Waals surface area contributed by atoms with Crippen molar-refractivity contribution in [3.63, 3.8) is 0 Å². The monoisotopic (exact) mass is 638 g/mol. The molecular weight excluding hydrogens is 604 g/mol. The Balaban J connectivity index is 1.52. The van der Waals surface area contributed by atoms with Gasteiger partial charge in [-0.05, 0) is 42.3 Å². The lowest BCUT2D eigenvalue weighted by Crippen LogP contribution is -2.51. The Labute approximate surface area is 262 Å². The van der Waals surface area contributed by atoms with Crippen molar-refractivity contribution in [3.8, 4) is 0 Å². The van der Waals surface area contributed by atoms with Crippen molar-refractivity contribution in [3.05, 3.63) is 133 Å². The number of nitrogens with zero attached hydrogens (tertiary/aromatic N) is 4. The molecule has 0 unspecified atom stereocenters. The van der Waals surface area contributed by atoms with Crippen LogP contribution in [0.25, 0.3) is 0 Å². The summed E-state index contributed by atoms with van der Waals surface area (Å²) < 4.78 is 58.6. The largest absolute Gasteiger partial charge is 0.416 e. The highest BCUT2D eigenvalue weighted by atomic mass is 19.4. The smallest absolute Gasteiger partial charge is 0.366 e. The Morgan fingerprint density at radius 3 is 2.22 bits per heavy atom. The standard InChI is InChI=1S/C33H34F4N6O3/c1-21-29(41-15-13-40(14-16-41)18-22-7-5-10-24(17-22)30(39)44)31(45)43(20-28(38)23-8-3-2-4-9-23)32(46)42(21)19-25-26(33(35,36)37)11-6-12-27(25)34/h2-12,17,28H,13-16,18-20,38H2,1H3,(H2,39,44)/t28-/m1/s1. The number of rotatable bonds is 9. The topological polar surface area (TPSA) is 120 Å². The first-order chi connectivity index (χ1) is 21.8. The van der Waals surface area contributed by atoms with Crippen LogP contribution >= 0.6 is 0 Å². The van der Waals surface area contributed by atoms with Crippen LogP contribution in [-0.4, -0.2) is 46.1 Å². The lowest BCUT2D eigenvalue weighted by atomic mass is 10.1. The van der Waals surface area contributed by atoms with Gasteiger partial charge in [0.25, 0.3) is 5.56 Å². The maximum absolute atomic E-state index is 14.9. The van der Waals surface area contributed by atoms with E-state index in [9.17, 15) is 31.9 Å². The third-order valence-corrected chi connectivity index (χ3v) is 8.31. The summed E-state index contributed by atoms with van der Waals surface area (Å²) in [7, 11) is 0. The first-order valence-electron chi connectivity index (χ1n) is 14.7. The summed E-state index contributed by atoms with van der Waals surface area (Å²) in [5.41, 5.74) is 10.6. The molecule has 242 valence electrons. The Kier molecular flexibility index (Phi) is 9.44. The second-order valence-corrected chi connectivity index (χ2v) is 11.3. The summed E-state index contributed by atoms with van der Waals surface area (Å²) in [4.78, 5) is 43.3. The van der Waals surface area contributed by atoms with Gasteiger partial charge in [-0.3, -0.25) is 23.6 Å². The third kappa shape index (κ3) is 6.90. The van der Waals surface area contributed by atoms with Gasteiger partial charge in [0.05, 0.1) is 18.7 Å². The molecule has 0 spiro atoms. The molecule has 1 amide bonds. The molecule has 46 heavy (non-hydrogen) atoms. The number of hydrogen-bond acceptors (Lipinski definition) is 6. The summed E-state index contributed by atoms with van der Waals surface area (Å²) in [6, 6.07) is 17.7. The summed E-state index contributed by atoms with van der Waals surface area (Å²) in [5.74, 6) is -1.64. The van der Waals surface area contributed by atoms with Gasteiger partial charge in [-0.2, -0.15) is 13.2 Å². The van der Waals surface area contributed by atoms with E-state index in [4.69, 9.17) is 11.5 Å². The predicted molar refractivity (Wildman–Crippen MR) is 166 cm³/mol. The van der Waals surface area contributed by atoms with Gasteiger partial charge in [0.2, 0.25) is 5.91 Å². The number of piperazine rings is 1. The lowest BCUT2D eigenvalue weighted by Gasteiger charge is -2.37. The van der Waals surface area contributed by atoms with E-state index in [1.54, 1.807) is 53.4 Å². The van der Waals surface area contributed by atoms with E-state index in [-0.39, 0.29) is 17.9 Å². The number of alkyl halides is 3. The van der Waals surface area contributed by atoms with Crippen LogP contribution in [-0.2, 0) is 25.8 Å². The zero-order chi connectivity index (χ0) is 33.2. The highest BCUT2D eigenvalue weighted by molar-refractivity contribution is 5.92. The molecule has 0 radical (unpaired) electrons. The van der Waals surface area contributed by atoms with Crippen molar-refractivity contribution < 1.29 is 22.4 Å². The molecule has 9 nitrogen and oxygen atoms in total. The molecule has 3 aromatic carbocycles. The first-order valence-corrected chi connectivity index (χ1v) is 14.7. The molecule has 4 N–H and O–H groups in total. The van der Waals surface area contributed by atoms with Crippen LogP contribution in [0.1, 0.15) is 44.3 Å². The number of carbonyl (C=O) groups excluding carboxylic acids is 1. The molecule has 1 aromatic heterocycles. The molecule has 1 atom stereocenters. The van der Waals surface area contributed by atoms with Crippen molar-refractivity contribution in [1.29, 1.82) is 0 Å². The van der Waals surface area contributed by atoms with Crippen molar-refractivity contribution >= 4 is 11.6 Å². The lowest BCUT2D eigenvalue weighted by molar-refractivity contribution is -0.138. The molecule has 1 fully saturated rings. The quantitative estimate of drug-likeness (QED) is 0.270. The molecular formula is C33H34F4N6O3. The van der Waals surface area contributed by atoms with Gasteiger partial charge >= 0.3 is 11.9 Å². The zero-order valence-corrected chi connectivity index (χ0v) is 25.1. The van der Waals surface area contributed by atoms with Gasteiger partial charge in [-0.15, -0.1) is 0 Å². The summed E-state index contributed by atoms with van der Waals surface area (Å²) >= 11 is 0. The minimum absolute atomic E-state index is 0.124. The fourth-order valence-electron chi connectivity index (χ4n) is 5.85. The third-order valence-electron chi connectivity index (χ3n) is 8.31. The number of carbonyl (C=O) groups is 1. The van der Waals surface area contributed by atoms with Crippen LogP contribution in [0.5, 0.6) is 0 Å². The Bertz CT molecular complexity index is 1850. The van der Waals surface area contributed by atoms with Crippen molar-refractivity contribution in [2.75, 3.05) is 31.1 Å². The van der Waals surface area contributed by atoms with E-state index >= 15 is 0 Å². The van der Waals surface area contributed by atoms with E-state index in [1.807, 2.05) is 6.07 Å². The molecule has 1 aliphatic rings. The first kappa shape index (κ1) is 32.6. The van der Waals surface area contributed by atoms with Crippen LogP contribution in [0.3, 0.4) is 0 Å². The van der Waals surface area contributed by atoms with Gasteiger partial charge < -0.3 is 16.4 Å². The molecule has 1 aliphatic heterocycles. The van der Waals surface area contributed by atoms with Gasteiger partial charge in [0.1, 0.15) is 11.5 Å². The van der Waals surface area contributed by atoms with E-state index in [2.05, 4.69) is 4.90 Å². The molecule has 5 rings (SSSR count). The average Bonchev–Trinajstić information content (AvgIpc) is 3.02. The van der Waals surface area contributed by atoms with Crippen LogP contribution in [0.2, 0.25) is 0 Å². The number of amides is 1. The van der Waals surface area contributed by atoms with Gasteiger partial charge in [-0.25, -0.2) is 9.18 Å². The summed E-state index contributed by atoms with van der Waals surface area (Å²) in [6.45, 7) is 2.77. The minimum Gasteiger partial charge on any atom is -0.366 e. The zero-order valence-electron chi connectivity index (χ0n) is 25.1. The maximum atomic E-state index is 14.9.